The summed E-state index contributed by atoms with van der Waals surface area (Å²) in [5.41, 5.74) is 1.18. The lowest BCUT2D eigenvalue weighted by atomic mass is 9.99. The zero-order valence-corrected chi connectivity index (χ0v) is 11.1. The number of carbonyl (C=O) groups excluding carboxylic acids is 1. The van der Waals surface area contributed by atoms with Crippen molar-refractivity contribution in [1.82, 2.24) is 0 Å². The second-order valence-corrected chi connectivity index (χ2v) is 4.24. The van der Waals surface area contributed by atoms with Gasteiger partial charge in [-0.25, -0.2) is 4.79 Å². The Morgan fingerprint density at radius 2 is 1.79 bits per heavy atom. The van der Waals surface area contributed by atoms with Crippen molar-refractivity contribution >= 4 is 16.7 Å². The molecule has 0 spiro atoms. The monoisotopic (exact) mass is 256 g/mol. The number of hydrogen-bond donors (Lipinski definition) is 0. The minimum atomic E-state index is -0.489. The molecular weight excluding hydrogens is 240 g/mol. The fraction of sp³-hybridized carbons (Fsp3) is 0.188. The molecule has 0 aliphatic heterocycles. The minimum Gasteiger partial charge on any atom is -0.466 e. The first kappa shape index (κ1) is 13.3. The summed E-state index contributed by atoms with van der Waals surface area (Å²) in [7, 11) is 2.88. The highest BCUT2D eigenvalue weighted by Crippen LogP contribution is 2.27. The number of benzene rings is 2. The van der Waals surface area contributed by atoms with Gasteiger partial charge in [0, 0.05) is 7.11 Å². The van der Waals surface area contributed by atoms with Gasteiger partial charge in [-0.1, -0.05) is 43.0 Å². The molecule has 0 fully saturated rings. The number of hydrogen-bond acceptors (Lipinski definition) is 3. The third kappa shape index (κ3) is 2.66. The molecule has 2 aromatic rings. The lowest BCUT2D eigenvalue weighted by Gasteiger charge is -2.17. The fourth-order valence-electron chi connectivity index (χ4n) is 2.09. The highest BCUT2D eigenvalue weighted by molar-refractivity contribution is 5.90. The molecule has 0 bridgehead atoms. The van der Waals surface area contributed by atoms with Crippen molar-refractivity contribution in [1.29, 1.82) is 0 Å². The van der Waals surface area contributed by atoms with Crippen LogP contribution in [0.25, 0.3) is 10.8 Å². The maximum atomic E-state index is 11.5. The molecule has 0 radical (unpaired) electrons. The molecule has 3 nitrogen and oxygen atoms in total. The van der Waals surface area contributed by atoms with Crippen LogP contribution in [0.5, 0.6) is 0 Å². The predicted molar refractivity (Wildman–Crippen MR) is 74.9 cm³/mol. The van der Waals surface area contributed by atoms with E-state index in [1.807, 2.05) is 42.5 Å². The van der Waals surface area contributed by atoms with Crippen LogP contribution in [0, 0.1) is 0 Å². The summed E-state index contributed by atoms with van der Waals surface area (Å²) in [6.07, 6.45) is -0.489. The lowest BCUT2D eigenvalue weighted by molar-refractivity contribution is -0.137. The van der Waals surface area contributed by atoms with Crippen LogP contribution in [0.2, 0.25) is 0 Å². The smallest absolute Gasteiger partial charge is 0.336 e. The van der Waals surface area contributed by atoms with Gasteiger partial charge in [-0.05, 0) is 22.4 Å². The third-order valence-electron chi connectivity index (χ3n) is 3.08. The minimum absolute atomic E-state index is 0.292. The van der Waals surface area contributed by atoms with Gasteiger partial charge in [0.15, 0.2) is 0 Å². The fourth-order valence-corrected chi connectivity index (χ4v) is 2.09. The highest BCUT2D eigenvalue weighted by atomic mass is 16.5. The normalized spacial score (nSPS) is 12.1. The Labute approximate surface area is 112 Å². The van der Waals surface area contributed by atoms with E-state index in [1.54, 1.807) is 7.11 Å². The Bertz CT molecular complexity index is 616. The number of methoxy groups -OCH3 is 2. The maximum Gasteiger partial charge on any atom is 0.336 e. The van der Waals surface area contributed by atoms with Crippen LogP contribution in [0.4, 0.5) is 0 Å². The molecule has 2 aromatic carbocycles. The molecule has 0 unspecified atom stereocenters. The molecule has 0 aliphatic carbocycles. The van der Waals surface area contributed by atoms with Gasteiger partial charge in [-0.3, -0.25) is 0 Å². The second-order valence-electron chi connectivity index (χ2n) is 4.24. The number of ether oxygens (including phenoxy) is 2. The van der Waals surface area contributed by atoms with Crippen LogP contribution in [0.1, 0.15) is 11.7 Å². The Morgan fingerprint density at radius 1 is 1.11 bits per heavy atom. The molecule has 0 saturated carbocycles. The summed E-state index contributed by atoms with van der Waals surface area (Å²) in [4.78, 5) is 11.5. The van der Waals surface area contributed by atoms with Crippen LogP contribution >= 0.6 is 0 Å². The van der Waals surface area contributed by atoms with Crippen LogP contribution in [-0.2, 0) is 14.3 Å². The van der Waals surface area contributed by atoms with E-state index in [1.165, 1.54) is 7.11 Å². The van der Waals surface area contributed by atoms with E-state index in [9.17, 15) is 4.79 Å². The van der Waals surface area contributed by atoms with Gasteiger partial charge < -0.3 is 9.47 Å². The van der Waals surface area contributed by atoms with Gasteiger partial charge in [0.05, 0.1) is 12.7 Å². The number of fused-ring (bicyclic) bond motifs is 1. The SMILES string of the molecule is C=C(C(=O)OC)[C@H](OC)c1ccc2ccccc2c1. The average Bonchev–Trinajstić information content (AvgIpc) is 2.46. The van der Waals surface area contributed by atoms with Gasteiger partial charge in [0.25, 0.3) is 0 Å². The van der Waals surface area contributed by atoms with Gasteiger partial charge >= 0.3 is 5.97 Å². The quantitative estimate of drug-likeness (QED) is 0.622. The van der Waals surface area contributed by atoms with Crippen LogP contribution in [0.3, 0.4) is 0 Å². The first-order valence-corrected chi connectivity index (χ1v) is 5.96. The standard InChI is InChI=1S/C16H16O3/c1-11(16(17)19-3)15(18-2)14-9-8-12-6-4-5-7-13(12)10-14/h4-10,15H,1H2,2-3H3/t15-/m0/s1. The van der Waals surface area contributed by atoms with E-state index in [2.05, 4.69) is 11.3 Å². The summed E-state index contributed by atoms with van der Waals surface area (Å²) in [6, 6.07) is 14.0. The van der Waals surface area contributed by atoms with Gasteiger partial charge in [-0.15, -0.1) is 0 Å². The van der Waals surface area contributed by atoms with E-state index in [0.717, 1.165) is 16.3 Å². The Kier molecular flexibility index (Phi) is 3.97. The molecule has 19 heavy (non-hydrogen) atoms. The van der Waals surface area contributed by atoms with Crippen LogP contribution < -0.4 is 0 Å². The first-order valence-electron chi connectivity index (χ1n) is 5.96. The van der Waals surface area contributed by atoms with E-state index in [0.29, 0.717) is 5.57 Å². The molecule has 0 aliphatic rings. The molecule has 98 valence electrons. The molecule has 1 atom stereocenters. The molecule has 0 amide bonds. The summed E-state index contributed by atoms with van der Waals surface area (Å²) >= 11 is 0. The van der Waals surface area contributed by atoms with E-state index >= 15 is 0 Å². The Hall–Kier alpha value is -2.13. The molecule has 0 N–H and O–H groups in total. The van der Waals surface area contributed by atoms with Crippen molar-refractivity contribution in [3.63, 3.8) is 0 Å². The van der Waals surface area contributed by atoms with Crippen LogP contribution in [-0.4, -0.2) is 20.2 Å². The molecular formula is C16H16O3. The largest absolute Gasteiger partial charge is 0.466 e. The Balaban J connectivity index is 2.40. The van der Waals surface area contributed by atoms with E-state index < -0.39 is 12.1 Å². The van der Waals surface area contributed by atoms with Crippen molar-refractivity contribution in [2.75, 3.05) is 14.2 Å². The van der Waals surface area contributed by atoms with Crippen LogP contribution in [0.15, 0.2) is 54.6 Å². The van der Waals surface area contributed by atoms with Gasteiger partial charge in [-0.2, -0.15) is 0 Å². The van der Waals surface area contributed by atoms with E-state index in [-0.39, 0.29) is 0 Å². The second kappa shape index (κ2) is 5.67. The zero-order chi connectivity index (χ0) is 13.8. The number of carbonyl (C=O) groups is 1. The van der Waals surface area contributed by atoms with Crippen molar-refractivity contribution in [3.05, 3.63) is 60.2 Å². The third-order valence-corrected chi connectivity index (χ3v) is 3.08. The number of rotatable bonds is 4. The molecule has 0 saturated heterocycles. The molecule has 3 heteroatoms. The van der Waals surface area contributed by atoms with Gasteiger partial charge in [0.1, 0.15) is 6.10 Å². The van der Waals surface area contributed by atoms with Crippen molar-refractivity contribution in [2.45, 2.75) is 6.10 Å². The highest BCUT2D eigenvalue weighted by Gasteiger charge is 2.21. The number of esters is 1. The summed E-state index contributed by atoms with van der Waals surface area (Å²) in [5.74, 6) is -0.458. The predicted octanol–water partition coefficient (Wildman–Crippen LogP) is 3.26. The molecule has 0 aromatic heterocycles. The van der Waals surface area contributed by atoms with E-state index in [4.69, 9.17) is 4.74 Å². The van der Waals surface area contributed by atoms with Crippen molar-refractivity contribution < 1.29 is 14.3 Å². The Morgan fingerprint density at radius 3 is 2.42 bits per heavy atom. The van der Waals surface area contributed by atoms with Crippen molar-refractivity contribution in [2.24, 2.45) is 0 Å². The first-order chi connectivity index (χ1) is 9.17. The summed E-state index contributed by atoms with van der Waals surface area (Å²) in [5, 5.41) is 2.24. The lowest BCUT2D eigenvalue weighted by Crippen LogP contribution is -2.14. The van der Waals surface area contributed by atoms with Gasteiger partial charge in [0.2, 0.25) is 0 Å². The average molecular weight is 256 g/mol. The zero-order valence-electron chi connectivity index (χ0n) is 11.1. The topological polar surface area (TPSA) is 35.5 Å². The molecule has 0 heterocycles. The van der Waals surface area contributed by atoms with Crippen molar-refractivity contribution in [3.8, 4) is 0 Å². The summed E-state index contributed by atoms with van der Waals surface area (Å²) in [6.45, 7) is 3.75. The maximum absolute atomic E-state index is 11.5. The molecule has 2 rings (SSSR count). The summed E-state index contributed by atoms with van der Waals surface area (Å²) < 4.78 is 10.1.